The zero-order valence-corrected chi connectivity index (χ0v) is 11.4. The lowest BCUT2D eigenvalue weighted by molar-refractivity contribution is -0.132. The molecular formula is C14H21N3O2. The van der Waals surface area contributed by atoms with Crippen molar-refractivity contribution in [2.24, 2.45) is 11.5 Å². The number of rotatable bonds is 6. The van der Waals surface area contributed by atoms with E-state index >= 15 is 0 Å². The van der Waals surface area contributed by atoms with E-state index in [1.165, 1.54) is 0 Å². The summed E-state index contributed by atoms with van der Waals surface area (Å²) >= 11 is 0. The second kappa shape index (κ2) is 6.89. The summed E-state index contributed by atoms with van der Waals surface area (Å²) in [5.41, 5.74) is 12.4. The Balaban J connectivity index is 2.63. The smallest absolute Gasteiger partial charge is 0.248 e. The number of carbonyl (C=O) groups excluding carboxylic acids is 2. The van der Waals surface area contributed by atoms with Crippen LogP contribution < -0.4 is 11.5 Å². The predicted molar refractivity (Wildman–Crippen MR) is 74.3 cm³/mol. The number of primary amides is 1. The molecule has 0 unspecified atom stereocenters. The highest BCUT2D eigenvalue weighted by molar-refractivity contribution is 5.92. The summed E-state index contributed by atoms with van der Waals surface area (Å²) < 4.78 is 0. The minimum atomic E-state index is -0.457. The van der Waals surface area contributed by atoms with Crippen molar-refractivity contribution in [2.45, 2.75) is 32.4 Å². The largest absolute Gasteiger partial charge is 0.366 e. The highest BCUT2D eigenvalue weighted by atomic mass is 16.2. The molecule has 0 aliphatic heterocycles. The van der Waals surface area contributed by atoms with Gasteiger partial charge in [0.1, 0.15) is 0 Å². The highest BCUT2D eigenvalue weighted by Crippen LogP contribution is 2.08. The fourth-order valence-corrected chi connectivity index (χ4v) is 1.84. The van der Waals surface area contributed by atoms with Crippen molar-refractivity contribution in [1.29, 1.82) is 0 Å². The Hall–Kier alpha value is -1.88. The van der Waals surface area contributed by atoms with Crippen LogP contribution in [0.4, 0.5) is 0 Å². The monoisotopic (exact) mass is 263 g/mol. The van der Waals surface area contributed by atoms with Crippen molar-refractivity contribution in [3.05, 3.63) is 35.4 Å². The molecule has 1 rings (SSSR count). The van der Waals surface area contributed by atoms with Gasteiger partial charge in [0.25, 0.3) is 0 Å². The third kappa shape index (κ3) is 4.37. The molecule has 4 N–H and O–H groups in total. The average molecular weight is 263 g/mol. The Kier molecular flexibility index (Phi) is 5.51. The van der Waals surface area contributed by atoms with Gasteiger partial charge in [0.15, 0.2) is 0 Å². The molecule has 0 aromatic heterocycles. The summed E-state index contributed by atoms with van der Waals surface area (Å²) in [7, 11) is 1.72. The molecule has 0 radical (unpaired) electrons. The van der Waals surface area contributed by atoms with Crippen LogP contribution in [0.3, 0.4) is 0 Å². The Morgan fingerprint density at radius 1 is 1.26 bits per heavy atom. The van der Waals surface area contributed by atoms with Crippen molar-refractivity contribution in [2.75, 3.05) is 7.05 Å². The second-order valence-electron chi connectivity index (χ2n) is 4.65. The van der Waals surface area contributed by atoms with Crippen LogP contribution in [0.15, 0.2) is 24.3 Å². The van der Waals surface area contributed by atoms with Gasteiger partial charge in [0.05, 0.1) is 6.04 Å². The number of likely N-dealkylation sites (N-methyl/N-ethyl adjacent to an activating group) is 1. The number of amides is 2. The van der Waals surface area contributed by atoms with Crippen molar-refractivity contribution < 1.29 is 9.59 Å². The molecule has 0 spiro atoms. The van der Waals surface area contributed by atoms with E-state index in [1.807, 2.05) is 6.92 Å². The van der Waals surface area contributed by atoms with Crippen LogP contribution in [0.5, 0.6) is 0 Å². The third-order valence-electron chi connectivity index (χ3n) is 2.95. The molecule has 19 heavy (non-hydrogen) atoms. The summed E-state index contributed by atoms with van der Waals surface area (Å²) in [5.74, 6) is -0.526. The van der Waals surface area contributed by atoms with Crippen LogP contribution in [-0.2, 0) is 11.3 Å². The molecule has 5 heteroatoms. The minimum Gasteiger partial charge on any atom is -0.366 e. The minimum absolute atomic E-state index is 0.0687. The van der Waals surface area contributed by atoms with Gasteiger partial charge in [-0.05, 0) is 24.1 Å². The second-order valence-corrected chi connectivity index (χ2v) is 4.65. The Morgan fingerprint density at radius 3 is 2.32 bits per heavy atom. The summed E-state index contributed by atoms with van der Waals surface area (Å²) in [5, 5.41) is 0. The molecule has 0 bridgehead atoms. The highest BCUT2D eigenvalue weighted by Gasteiger charge is 2.17. The van der Waals surface area contributed by atoms with Crippen LogP contribution in [0.2, 0.25) is 0 Å². The molecule has 0 aliphatic carbocycles. The molecule has 0 saturated carbocycles. The first-order chi connectivity index (χ1) is 8.95. The number of nitrogens with two attached hydrogens (primary N) is 2. The maximum atomic E-state index is 11.9. The van der Waals surface area contributed by atoms with E-state index in [2.05, 4.69) is 0 Å². The van der Waals surface area contributed by atoms with Gasteiger partial charge in [0.2, 0.25) is 11.8 Å². The normalized spacial score (nSPS) is 11.9. The van der Waals surface area contributed by atoms with E-state index in [4.69, 9.17) is 11.5 Å². The van der Waals surface area contributed by atoms with Crippen molar-refractivity contribution in [3.63, 3.8) is 0 Å². The van der Waals surface area contributed by atoms with Crippen LogP contribution in [0.1, 0.15) is 35.7 Å². The molecule has 1 aromatic rings. The molecule has 5 nitrogen and oxygen atoms in total. The van der Waals surface area contributed by atoms with Gasteiger partial charge in [-0.15, -0.1) is 0 Å². The number of carbonyl (C=O) groups is 2. The Morgan fingerprint density at radius 2 is 1.84 bits per heavy atom. The fourth-order valence-electron chi connectivity index (χ4n) is 1.84. The lowest BCUT2D eigenvalue weighted by Crippen LogP contribution is -2.41. The van der Waals surface area contributed by atoms with Crippen LogP contribution in [0.25, 0.3) is 0 Å². The fraction of sp³-hybridized carbons (Fsp3) is 0.429. The molecular weight excluding hydrogens is 242 g/mol. The van der Waals surface area contributed by atoms with E-state index in [1.54, 1.807) is 36.2 Å². The first-order valence-electron chi connectivity index (χ1n) is 6.35. The maximum Gasteiger partial charge on any atom is 0.248 e. The summed E-state index contributed by atoms with van der Waals surface area (Å²) in [4.78, 5) is 24.5. The van der Waals surface area contributed by atoms with Crippen LogP contribution in [-0.4, -0.2) is 29.8 Å². The van der Waals surface area contributed by atoms with Crippen molar-refractivity contribution >= 4 is 11.8 Å². The zero-order valence-electron chi connectivity index (χ0n) is 11.4. The third-order valence-corrected chi connectivity index (χ3v) is 2.95. The lowest BCUT2D eigenvalue weighted by Gasteiger charge is -2.21. The van der Waals surface area contributed by atoms with E-state index in [9.17, 15) is 9.59 Å². The summed E-state index contributed by atoms with van der Waals surface area (Å²) in [6.07, 6.45) is 1.57. The predicted octanol–water partition coefficient (Wildman–Crippen LogP) is 0.871. The van der Waals surface area contributed by atoms with Gasteiger partial charge in [-0.3, -0.25) is 9.59 Å². The van der Waals surface area contributed by atoms with Gasteiger partial charge in [0, 0.05) is 19.2 Å². The molecule has 0 saturated heterocycles. The van der Waals surface area contributed by atoms with Gasteiger partial charge in [-0.1, -0.05) is 25.5 Å². The molecule has 2 amide bonds. The standard InChI is InChI=1S/C14H21N3O2/c1-3-4-12(15)14(19)17(2)9-10-5-7-11(8-6-10)13(16)18/h5-8,12H,3-4,9,15H2,1-2H3,(H2,16,18)/t12-/m0/s1. The number of benzene rings is 1. The topological polar surface area (TPSA) is 89.4 Å². The molecule has 0 heterocycles. The van der Waals surface area contributed by atoms with Gasteiger partial charge < -0.3 is 16.4 Å². The van der Waals surface area contributed by atoms with Crippen LogP contribution >= 0.6 is 0 Å². The summed E-state index contributed by atoms with van der Waals surface area (Å²) in [6, 6.07) is 6.44. The van der Waals surface area contributed by atoms with E-state index < -0.39 is 11.9 Å². The maximum absolute atomic E-state index is 11.9. The van der Waals surface area contributed by atoms with Gasteiger partial charge in [-0.25, -0.2) is 0 Å². The van der Waals surface area contributed by atoms with Gasteiger partial charge >= 0.3 is 0 Å². The first kappa shape index (κ1) is 15.2. The average Bonchev–Trinajstić information content (AvgIpc) is 2.38. The SMILES string of the molecule is CCC[C@H](N)C(=O)N(C)Cc1ccc(C(N)=O)cc1. The molecule has 1 atom stereocenters. The van der Waals surface area contributed by atoms with Gasteiger partial charge in [-0.2, -0.15) is 0 Å². The lowest BCUT2D eigenvalue weighted by atomic mass is 10.1. The van der Waals surface area contributed by atoms with E-state index in [-0.39, 0.29) is 5.91 Å². The van der Waals surface area contributed by atoms with E-state index in [0.29, 0.717) is 18.5 Å². The van der Waals surface area contributed by atoms with Crippen molar-refractivity contribution in [3.8, 4) is 0 Å². The van der Waals surface area contributed by atoms with Crippen LogP contribution in [0, 0.1) is 0 Å². The molecule has 0 fully saturated rings. The quantitative estimate of drug-likeness (QED) is 0.798. The molecule has 104 valence electrons. The number of hydrogen-bond donors (Lipinski definition) is 2. The summed E-state index contributed by atoms with van der Waals surface area (Å²) in [6.45, 7) is 2.46. The zero-order chi connectivity index (χ0) is 14.4. The van der Waals surface area contributed by atoms with E-state index in [0.717, 1.165) is 12.0 Å². The van der Waals surface area contributed by atoms with Crippen molar-refractivity contribution in [1.82, 2.24) is 4.90 Å². The number of nitrogens with zero attached hydrogens (tertiary/aromatic N) is 1. The Bertz CT molecular complexity index is 443. The Labute approximate surface area is 113 Å². The number of hydrogen-bond acceptors (Lipinski definition) is 3. The molecule has 1 aromatic carbocycles. The molecule has 0 aliphatic rings. The first-order valence-corrected chi connectivity index (χ1v) is 6.35.